The van der Waals surface area contributed by atoms with Crippen LogP contribution in [0.25, 0.3) is 11.3 Å². The van der Waals surface area contributed by atoms with Crippen molar-refractivity contribution in [1.82, 2.24) is 15.3 Å². The molecule has 1 aromatic heterocycles. The van der Waals surface area contributed by atoms with Crippen LogP contribution in [0.15, 0.2) is 30.3 Å². The van der Waals surface area contributed by atoms with Crippen molar-refractivity contribution in [3.8, 4) is 11.3 Å². The van der Waals surface area contributed by atoms with Crippen LogP contribution in [0.4, 0.5) is 4.39 Å². The maximum Gasteiger partial charge on any atom is 0.132 e. The first-order valence-corrected chi connectivity index (χ1v) is 7.04. The molecule has 104 valence electrons. The van der Waals surface area contributed by atoms with Gasteiger partial charge in [-0.15, -0.1) is 0 Å². The summed E-state index contributed by atoms with van der Waals surface area (Å²) < 4.78 is 13.0. The van der Waals surface area contributed by atoms with Crippen LogP contribution in [0.5, 0.6) is 0 Å². The van der Waals surface area contributed by atoms with Gasteiger partial charge in [0.05, 0.1) is 5.69 Å². The summed E-state index contributed by atoms with van der Waals surface area (Å²) in [6.45, 7) is 4.03. The van der Waals surface area contributed by atoms with Gasteiger partial charge in [0, 0.05) is 17.2 Å². The number of aryl methyl sites for hydroxylation is 1. The number of aromatic nitrogens is 2. The number of benzene rings is 1. The Balaban J connectivity index is 1.95. The molecule has 1 aliphatic heterocycles. The molecule has 2 aromatic rings. The lowest BCUT2D eigenvalue weighted by Gasteiger charge is -2.22. The van der Waals surface area contributed by atoms with Gasteiger partial charge < -0.3 is 5.32 Å². The zero-order valence-electron chi connectivity index (χ0n) is 11.6. The SMILES string of the molecule is Cc1cc(-c2ccc(F)cc2)nc(C2CCNCC2)n1. The van der Waals surface area contributed by atoms with E-state index in [9.17, 15) is 4.39 Å². The van der Waals surface area contributed by atoms with Crippen molar-refractivity contribution in [2.24, 2.45) is 0 Å². The third-order valence-corrected chi connectivity index (χ3v) is 3.72. The second-order valence-electron chi connectivity index (χ2n) is 5.28. The van der Waals surface area contributed by atoms with E-state index in [1.54, 1.807) is 12.1 Å². The first-order chi connectivity index (χ1) is 9.72. The van der Waals surface area contributed by atoms with Crippen molar-refractivity contribution in [3.63, 3.8) is 0 Å². The monoisotopic (exact) mass is 271 g/mol. The van der Waals surface area contributed by atoms with E-state index in [2.05, 4.69) is 10.3 Å². The molecule has 0 unspecified atom stereocenters. The fourth-order valence-electron chi connectivity index (χ4n) is 2.62. The van der Waals surface area contributed by atoms with Gasteiger partial charge in [0.25, 0.3) is 0 Å². The van der Waals surface area contributed by atoms with Crippen LogP contribution in [0.2, 0.25) is 0 Å². The fraction of sp³-hybridized carbons (Fsp3) is 0.375. The van der Waals surface area contributed by atoms with E-state index < -0.39 is 0 Å². The molecule has 4 heteroatoms. The number of piperidine rings is 1. The number of nitrogens with one attached hydrogen (secondary N) is 1. The molecule has 0 spiro atoms. The summed E-state index contributed by atoms with van der Waals surface area (Å²) >= 11 is 0. The molecule has 3 rings (SSSR count). The number of nitrogens with zero attached hydrogens (tertiary/aromatic N) is 2. The van der Waals surface area contributed by atoms with E-state index in [0.29, 0.717) is 5.92 Å². The van der Waals surface area contributed by atoms with Crippen molar-refractivity contribution in [2.75, 3.05) is 13.1 Å². The molecule has 0 aliphatic carbocycles. The third kappa shape index (κ3) is 2.85. The van der Waals surface area contributed by atoms with Crippen molar-refractivity contribution < 1.29 is 4.39 Å². The molecule has 1 fully saturated rings. The predicted molar refractivity (Wildman–Crippen MR) is 77.0 cm³/mol. The number of hydrogen-bond donors (Lipinski definition) is 1. The highest BCUT2D eigenvalue weighted by Gasteiger charge is 2.19. The molecule has 1 N–H and O–H groups in total. The lowest BCUT2D eigenvalue weighted by molar-refractivity contribution is 0.444. The average Bonchev–Trinajstić information content (AvgIpc) is 2.48. The molecule has 1 saturated heterocycles. The first kappa shape index (κ1) is 13.2. The van der Waals surface area contributed by atoms with Crippen LogP contribution in [0, 0.1) is 12.7 Å². The van der Waals surface area contributed by atoms with E-state index >= 15 is 0 Å². The van der Waals surface area contributed by atoms with Crippen LogP contribution < -0.4 is 5.32 Å². The van der Waals surface area contributed by atoms with Crippen LogP contribution in [-0.2, 0) is 0 Å². The summed E-state index contributed by atoms with van der Waals surface area (Å²) in [7, 11) is 0. The molecule has 2 heterocycles. The molecule has 0 bridgehead atoms. The Morgan fingerprint density at radius 2 is 1.80 bits per heavy atom. The zero-order valence-corrected chi connectivity index (χ0v) is 11.6. The maximum absolute atomic E-state index is 13.0. The Bertz CT molecular complexity index is 589. The number of rotatable bonds is 2. The summed E-state index contributed by atoms with van der Waals surface area (Å²) in [6.07, 6.45) is 2.15. The fourth-order valence-corrected chi connectivity index (χ4v) is 2.62. The minimum Gasteiger partial charge on any atom is -0.317 e. The summed E-state index contributed by atoms with van der Waals surface area (Å²) in [5.74, 6) is 1.12. The van der Waals surface area contributed by atoms with Gasteiger partial charge in [-0.3, -0.25) is 0 Å². The molecule has 0 atom stereocenters. The molecule has 20 heavy (non-hydrogen) atoms. The van der Waals surface area contributed by atoms with E-state index in [4.69, 9.17) is 4.98 Å². The second-order valence-corrected chi connectivity index (χ2v) is 5.28. The second kappa shape index (κ2) is 5.67. The highest BCUT2D eigenvalue weighted by molar-refractivity contribution is 5.59. The smallest absolute Gasteiger partial charge is 0.132 e. The average molecular weight is 271 g/mol. The summed E-state index contributed by atoms with van der Waals surface area (Å²) in [5, 5.41) is 3.35. The molecule has 0 saturated carbocycles. The van der Waals surface area contributed by atoms with E-state index in [-0.39, 0.29) is 5.82 Å². The molecule has 0 radical (unpaired) electrons. The van der Waals surface area contributed by atoms with Gasteiger partial charge in [-0.25, -0.2) is 14.4 Å². The molecule has 1 aliphatic rings. The Morgan fingerprint density at radius 1 is 1.10 bits per heavy atom. The van der Waals surface area contributed by atoms with E-state index in [0.717, 1.165) is 48.7 Å². The maximum atomic E-state index is 13.0. The van der Waals surface area contributed by atoms with Crippen LogP contribution in [0.1, 0.15) is 30.3 Å². The van der Waals surface area contributed by atoms with Gasteiger partial charge in [0.2, 0.25) is 0 Å². The van der Waals surface area contributed by atoms with Crippen molar-refractivity contribution >= 4 is 0 Å². The van der Waals surface area contributed by atoms with Crippen molar-refractivity contribution in [3.05, 3.63) is 47.7 Å². The zero-order chi connectivity index (χ0) is 13.9. The number of halogens is 1. The van der Waals surface area contributed by atoms with E-state index in [1.165, 1.54) is 12.1 Å². The van der Waals surface area contributed by atoms with Crippen LogP contribution in [-0.4, -0.2) is 23.1 Å². The van der Waals surface area contributed by atoms with Gasteiger partial charge >= 0.3 is 0 Å². The molecular weight excluding hydrogens is 253 g/mol. The minimum atomic E-state index is -0.224. The Kier molecular flexibility index (Phi) is 3.74. The quantitative estimate of drug-likeness (QED) is 0.912. The van der Waals surface area contributed by atoms with Gasteiger partial charge in [0.15, 0.2) is 0 Å². The summed E-state index contributed by atoms with van der Waals surface area (Å²) in [4.78, 5) is 9.28. The molecule has 3 nitrogen and oxygen atoms in total. The summed E-state index contributed by atoms with van der Waals surface area (Å²) in [5.41, 5.74) is 2.78. The van der Waals surface area contributed by atoms with E-state index in [1.807, 2.05) is 13.0 Å². The van der Waals surface area contributed by atoms with Crippen molar-refractivity contribution in [2.45, 2.75) is 25.7 Å². The van der Waals surface area contributed by atoms with Crippen LogP contribution >= 0.6 is 0 Å². The highest BCUT2D eigenvalue weighted by Crippen LogP contribution is 2.25. The predicted octanol–water partition coefficient (Wildman–Crippen LogP) is 3.06. The molecule has 1 aromatic carbocycles. The van der Waals surface area contributed by atoms with Crippen molar-refractivity contribution in [1.29, 1.82) is 0 Å². The Labute approximate surface area is 118 Å². The largest absolute Gasteiger partial charge is 0.317 e. The lowest BCUT2D eigenvalue weighted by Crippen LogP contribution is -2.27. The third-order valence-electron chi connectivity index (χ3n) is 3.72. The highest BCUT2D eigenvalue weighted by atomic mass is 19.1. The van der Waals surface area contributed by atoms with Gasteiger partial charge in [-0.2, -0.15) is 0 Å². The first-order valence-electron chi connectivity index (χ1n) is 7.04. The van der Waals surface area contributed by atoms with Crippen LogP contribution in [0.3, 0.4) is 0 Å². The lowest BCUT2D eigenvalue weighted by atomic mass is 9.97. The molecular formula is C16H18FN3. The normalized spacial score (nSPS) is 16.3. The topological polar surface area (TPSA) is 37.8 Å². The molecule has 0 amide bonds. The Morgan fingerprint density at radius 3 is 2.50 bits per heavy atom. The standard InChI is InChI=1S/C16H18FN3/c1-11-10-15(12-2-4-14(17)5-3-12)20-16(19-11)13-6-8-18-9-7-13/h2-5,10,13,18H,6-9H2,1H3. The van der Waals surface area contributed by atoms with Gasteiger partial charge in [0.1, 0.15) is 11.6 Å². The Hall–Kier alpha value is -1.81. The van der Waals surface area contributed by atoms with Gasteiger partial charge in [-0.1, -0.05) is 0 Å². The summed E-state index contributed by atoms with van der Waals surface area (Å²) in [6, 6.07) is 8.43. The van der Waals surface area contributed by atoms with Gasteiger partial charge in [-0.05, 0) is 63.2 Å². The minimum absolute atomic E-state index is 0.224. The number of hydrogen-bond acceptors (Lipinski definition) is 3.